The molecule has 0 heterocycles. The highest BCUT2D eigenvalue weighted by atomic mass is 16.1. The van der Waals surface area contributed by atoms with Gasteiger partial charge in [-0.1, -0.05) is 17.7 Å². The van der Waals surface area contributed by atoms with Gasteiger partial charge in [0.15, 0.2) is 0 Å². The molecule has 14 heavy (non-hydrogen) atoms. The molecule has 0 aliphatic heterocycles. The fourth-order valence-corrected chi connectivity index (χ4v) is 1.34. The lowest BCUT2D eigenvalue weighted by Crippen LogP contribution is -2.18. The molecule has 0 aliphatic rings. The average molecular weight is 191 g/mol. The van der Waals surface area contributed by atoms with E-state index < -0.39 is 0 Å². The van der Waals surface area contributed by atoms with Gasteiger partial charge < -0.3 is 9.69 Å². The van der Waals surface area contributed by atoms with Crippen LogP contribution in [0.5, 0.6) is 0 Å². The van der Waals surface area contributed by atoms with E-state index in [1.807, 2.05) is 0 Å². The Bertz CT molecular complexity index is 279. The second-order valence-electron chi connectivity index (χ2n) is 3.57. The lowest BCUT2D eigenvalue weighted by Gasteiger charge is -2.18. The number of carbonyl (C=O) groups excluding carboxylic acids is 1. The minimum atomic E-state index is 0.649. The minimum Gasteiger partial charge on any atom is -0.375 e. The molecule has 0 saturated carbocycles. The molecule has 2 nitrogen and oxygen atoms in total. The third kappa shape index (κ3) is 3.21. The van der Waals surface area contributed by atoms with Crippen LogP contribution in [-0.4, -0.2) is 19.9 Å². The summed E-state index contributed by atoms with van der Waals surface area (Å²) < 4.78 is 0. The van der Waals surface area contributed by atoms with Crippen LogP contribution in [0.3, 0.4) is 0 Å². The Morgan fingerprint density at radius 1 is 1.29 bits per heavy atom. The van der Waals surface area contributed by atoms with Crippen molar-refractivity contribution in [1.29, 1.82) is 0 Å². The van der Waals surface area contributed by atoms with Crippen molar-refractivity contribution in [3.05, 3.63) is 29.8 Å². The second-order valence-corrected chi connectivity index (χ2v) is 3.57. The zero-order chi connectivity index (χ0) is 10.4. The monoisotopic (exact) mass is 191 g/mol. The molecule has 0 N–H and O–H groups in total. The molecule has 0 bridgehead atoms. The molecule has 0 saturated heterocycles. The van der Waals surface area contributed by atoms with Gasteiger partial charge in [-0.05, 0) is 25.5 Å². The van der Waals surface area contributed by atoms with Crippen LogP contribution >= 0.6 is 0 Å². The predicted octanol–water partition coefficient (Wildman–Crippen LogP) is 2.41. The molecule has 0 amide bonds. The molecule has 2 heteroatoms. The number of anilines is 1. The lowest BCUT2D eigenvalue weighted by atomic mass is 10.2. The number of hydrogen-bond acceptors (Lipinski definition) is 2. The van der Waals surface area contributed by atoms with Crippen molar-refractivity contribution < 1.29 is 4.79 Å². The maximum atomic E-state index is 10.1. The van der Waals surface area contributed by atoms with Gasteiger partial charge in [0.05, 0.1) is 0 Å². The topological polar surface area (TPSA) is 20.3 Å². The Morgan fingerprint density at radius 2 is 1.93 bits per heavy atom. The van der Waals surface area contributed by atoms with Crippen molar-refractivity contribution in [1.82, 2.24) is 0 Å². The van der Waals surface area contributed by atoms with E-state index in [1.54, 1.807) is 0 Å². The summed E-state index contributed by atoms with van der Waals surface area (Å²) in [4.78, 5) is 12.3. The van der Waals surface area contributed by atoms with Gasteiger partial charge in [0.25, 0.3) is 0 Å². The van der Waals surface area contributed by atoms with E-state index in [0.717, 1.165) is 19.3 Å². The quantitative estimate of drug-likeness (QED) is 0.526. The van der Waals surface area contributed by atoms with Crippen LogP contribution in [0.4, 0.5) is 5.69 Å². The Hall–Kier alpha value is -1.31. The van der Waals surface area contributed by atoms with Crippen molar-refractivity contribution in [2.75, 3.05) is 18.5 Å². The van der Waals surface area contributed by atoms with Gasteiger partial charge in [0.1, 0.15) is 6.29 Å². The molecule has 1 aromatic carbocycles. The van der Waals surface area contributed by atoms with Crippen LogP contribution in [0, 0.1) is 6.92 Å². The maximum Gasteiger partial charge on any atom is 0.120 e. The third-order valence-electron chi connectivity index (χ3n) is 2.29. The highest BCUT2D eigenvalue weighted by Crippen LogP contribution is 2.13. The molecule has 1 aromatic rings. The predicted molar refractivity (Wildman–Crippen MR) is 59.7 cm³/mol. The first-order valence-electron chi connectivity index (χ1n) is 4.95. The van der Waals surface area contributed by atoms with Gasteiger partial charge in [-0.2, -0.15) is 0 Å². The second kappa shape index (κ2) is 5.43. The molecule has 0 radical (unpaired) electrons. The largest absolute Gasteiger partial charge is 0.375 e. The van der Waals surface area contributed by atoms with E-state index in [0.29, 0.717) is 6.42 Å². The van der Waals surface area contributed by atoms with Gasteiger partial charge >= 0.3 is 0 Å². The zero-order valence-corrected chi connectivity index (χ0v) is 8.86. The summed E-state index contributed by atoms with van der Waals surface area (Å²) in [5.41, 5.74) is 2.48. The highest BCUT2D eigenvalue weighted by molar-refractivity contribution is 5.50. The van der Waals surface area contributed by atoms with E-state index >= 15 is 0 Å². The van der Waals surface area contributed by atoms with Crippen LogP contribution < -0.4 is 4.90 Å². The van der Waals surface area contributed by atoms with Gasteiger partial charge in [0, 0.05) is 25.7 Å². The van der Waals surface area contributed by atoms with Crippen molar-refractivity contribution >= 4 is 12.0 Å². The van der Waals surface area contributed by atoms with Crippen molar-refractivity contribution in [3.63, 3.8) is 0 Å². The molecule has 0 aromatic heterocycles. The van der Waals surface area contributed by atoms with Crippen molar-refractivity contribution in [3.8, 4) is 0 Å². The first-order chi connectivity index (χ1) is 6.74. The van der Waals surface area contributed by atoms with Crippen LogP contribution in [0.15, 0.2) is 24.3 Å². The number of nitrogens with zero attached hydrogens (tertiary/aromatic N) is 1. The Kier molecular flexibility index (Phi) is 4.17. The molecule has 0 fully saturated rings. The van der Waals surface area contributed by atoms with Crippen molar-refractivity contribution in [2.45, 2.75) is 19.8 Å². The zero-order valence-electron chi connectivity index (χ0n) is 8.86. The fourth-order valence-electron chi connectivity index (χ4n) is 1.34. The number of rotatable bonds is 5. The number of unbranched alkanes of at least 4 members (excludes halogenated alkanes) is 1. The number of aryl methyl sites for hydroxylation is 1. The first kappa shape index (κ1) is 10.8. The standard InChI is InChI=1S/C12H17NO/c1-11-5-7-12(8-6-11)13(2)9-3-4-10-14/h5-8,10H,3-4,9H2,1-2H3. The molecular formula is C12H17NO. The van der Waals surface area contributed by atoms with Crippen molar-refractivity contribution in [2.24, 2.45) is 0 Å². The SMILES string of the molecule is Cc1ccc(N(C)CCCC=O)cc1. The number of carbonyl (C=O) groups is 1. The summed E-state index contributed by atoms with van der Waals surface area (Å²) in [6.45, 7) is 3.01. The van der Waals surface area contributed by atoms with E-state index in [1.165, 1.54) is 11.3 Å². The Labute approximate surface area is 85.5 Å². The molecular weight excluding hydrogens is 174 g/mol. The van der Waals surface area contributed by atoms with E-state index in [-0.39, 0.29) is 0 Å². The van der Waals surface area contributed by atoms with E-state index in [4.69, 9.17) is 0 Å². The van der Waals surface area contributed by atoms with Gasteiger partial charge in [-0.25, -0.2) is 0 Å². The molecule has 76 valence electrons. The summed E-state index contributed by atoms with van der Waals surface area (Å²) in [5, 5.41) is 0. The first-order valence-corrected chi connectivity index (χ1v) is 4.95. The highest BCUT2D eigenvalue weighted by Gasteiger charge is 1.98. The molecule has 0 atom stereocenters. The van der Waals surface area contributed by atoms with Gasteiger partial charge in [-0.3, -0.25) is 0 Å². The molecule has 0 aliphatic carbocycles. The number of aldehydes is 1. The lowest BCUT2D eigenvalue weighted by molar-refractivity contribution is -0.107. The van der Waals surface area contributed by atoms with Crippen LogP contribution in [0.1, 0.15) is 18.4 Å². The van der Waals surface area contributed by atoms with Crippen LogP contribution in [0.2, 0.25) is 0 Å². The summed E-state index contributed by atoms with van der Waals surface area (Å²) in [6.07, 6.45) is 2.55. The van der Waals surface area contributed by atoms with E-state index in [9.17, 15) is 4.79 Å². The molecule has 1 rings (SSSR count). The molecule has 0 spiro atoms. The number of hydrogen-bond donors (Lipinski definition) is 0. The fraction of sp³-hybridized carbons (Fsp3) is 0.417. The van der Waals surface area contributed by atoms with Crippen LogP contribution in [-0.2, 0) is 4.79 Å². The third-order valence-corrected chi connectivity index (χ3v) is 2.29. The summed E-state index contributed by atoms with van der Waals surface area (Å²) in [5.74, 6) is 0. The van der Waals surface area contributed by atoms with E-state index in [2.05, 4.69) is 43.1 Å². The molecule has 0 unspecified atom stereocenters. The van der Waals surface area contributed by atoms with Crippen LogP contribution in [0.25, 0.3) is 0 Å². The Morgan fingerprint density at radius 3 is 2.50 bits per heavy atom. The van der Waals surface area contributed by atoms with Gasteiger partial charge in [-0.15, -0.1) is 0 Å². The minimum absolute atomic E-state index is 0.649. The smallest absolute Gasteiger partial charge is 0.120 e. The normalized spacial score (nSPS) is 9.86. The maximum absolute atomic E-state index is 10.1. The Balaban J connectivity index is 2.47. The average Bonchev–Trinajstić information content (AvgIpc) is 2.19. The summed E-state index contributed by atoms with van der Waals surface area (Å²) in [7, 11) is 2.05. The summed E-state index contributed by atoms with van der Waals surface area (Å²) >= 11 is 0. The summed E-state index contributed by atoms with van der Waals surface area (Å²) in [6, 6.07) is 8.42. The van der Waals surface area contributed by atoms with Gasteiger partial charge in [0.2, 0.25) is 0 Å². The number of benzene rings is 1.